The lowest BCUT2D eigenvalue weighted by Gasteiger charge is -2.17. The molecule has 0 radical (unpaired) electrons. The lowest BCUT2D eigenvalue weighted by Crippen LogP contribution is -2.34. The Balaban J connectivity index is 2.44. The molecule has 1 rings (SSSR count). The zero-order valence-electron chi connectivity index (χ0n) is 15.1. The summed E-state index contributed by atoms with van der Waals surface area (Å²) in [6, 6.07) is 3.19. The van der Waals surface area contributed by atoms with Crippen LogP contribution < -0.4 is 10.6 Å². The lowest BCUT2D eigenvalue weighted by molar-refractivity contribution is 0.0951. The minimum atomic E-state index is -0.192. The van der Waals surface area contributed by atoms with Crippen molar-refractivity contribution in [1.82, 2.24) is 25.4 Å². The van der Waals surface area contributed by atoms with Crippen LogP contribution in [0.1, 0.15) is 36.3 Å². The minimum absolute atomic E-state index is 0.114. The number of amides is 3. The molecule has 0 atom stereocenters. The van der Waals surface area contributed by atoms with Gasteiger partial charge < -0.3 is 20.4 Å². The molecule has 1 heterocycles. The summed E-state index contributed by atoms with van der Waals surface area (Å²) in [4.78, 5) is 31.6. The number of aromatic nitrogens is 1. The smallest absolute Gasteiger partial charge is 0.317 e. The summed E-state index contributed by atoms with van der Waals surface area (Å²) in [5, 5.41) is 5.65. The highest BCUT2D eigenvalue weighted by Gasteiger charge is 2.08. The van der Waals surface area contributed by atoms with Crippen LogP contribution in [0.4, 0.5) is 4.79 Å². The van der Waals surface area contributed by atoms with Crippen molar-refractivity contribution >= 4 is 11.9 Å². The van der Waals surface area contributed by atoms with Crippen LogP contribution in [-0.4, -0.2) is 67.0 Å². The van der Waals surface area contributed by atoms with Crippen molar-refractivity contribution in [2.24, 2.45) is 0 Å². The zero-order valence-corrected chi connectivity index (χ0v) is 15.1. The van der Waals surface area contributed by atoms with Gasteiger partial charge in [0.1, 0.15) is 0 Å². The fourth-order valence-corrected chi connectivity index (χ4v) is 2.19. The molecule has 24 heavy (non-hydrogen) atoms. The first kappa shape index (κ1) is 19.9. The molecule has 0 unspecified atom stereocenters. The maximum Gasteiger partial charge on any atom is 0.317 e. The number of hydrogen-bond donors (Lipinski definition) is 2. The average Bonchev–Trinajstić information content (AvgIpc) is 2.59. The normalized spacial score (nSPS) is 10.5. The maximum atomic E-state index is 12.2. The summed E-state index contributed by atoms with van der Waals surface area (Å²) in [7, 11) is 3.34. The summed E-state index contributed by atoms with van der Waals surface area (Å²) in [5.41, 5.74) is 1.21. The monoisotopic (exact) mass is 335 g/mol. The van der Waals surface area contributed by atoms with Crippen LogP contribution in [0.5, 0.6) is 0 Å². The lowest BCUT2D eigenvalue weighted by atomic mass is 10.2. The largest absolute Gasteiger partial charge is 0.352 e. The average molecular weight is 335 g/mol. The van der Waals surface area contributed by atoms with Crippen molar-refractivity contribution in [2.75, 3.05) is 40.3 Å². The first-order valence-electron chi connectivity index (χ1n) is 8.38. The molecule has 0 aliphatic heterocycles. The predicted molar refractivity (Wildman–Crippen MR) is 94.9 cm³/mol. The van der Waals surface area contributed by atoms with Crippen LogP contribution in [-0.2, 0) is 6.54 Å². The zero-order chi connectivity index (χ0) is 17.9. The third-order valence-corrected chi connectivity index (χ3v) is 3.74. The van der Waals surface area contributed by atoms with Crippen LogP contribution in [0.15, 0.2) is 18.3 Å². The predicted octanol–water partition coefficient (Wildman–Crippen LogP) is 1.31. The van der Waals surface area contributed by atoms with Gasteiger partial charge in [0, 0.05) is 32.4 Å². The van der Waals surface area contributed by atoms with E-state index in [0.29, 0.717) is 24.3 Å². The SMILES string of the molecule is CCN(CC)CCCNC(=O)c1ccnc(CNC(=O)N(C)C)c1. The molecule has 134 valence electrons. The van der Waals surface area contributed by atoms with E-state index in [4.69, 9.17) is 0 Å². The molecule has 0 saturated heterocycles. The summed E-state index contributed by atoms with van der Waals surface area (Å²) in [5.74, 6) is -0.114. The minimum Gasteiger partial charge on any atom is -0.352 e. The van der Waals surface area contributed by atoms with E-state index in [1.165, 1.54) is 4.90 Å². The van der Waals surface area contributed by atoms with Gasteiger partial charge in [-0.05, 0) is 38.2 Å². The molecular formula is C17H29N5O2. The molecule has 0 fully saturated rings. The Labute approximate surface area is 144 Å². The second-order valence-electron chi connectivity index (χ2n) is 5.73. The molecule has 0 aromatic carbocycles. The molecular weight excluding hydrogens is 306 g/mol. The van der Waals surface area contributed by atoms with Gasteiger partial charge in [0.25, 0.3) is 5.91 Å². The van der Waals surface area contributed by atoms with Crippen molar-refractivity contribution in [3.05, 3.63) is 29.6 Å². The van der Waals surface area contributed by atoms with Gasteiger partial charge in [-0.2, -0.15) is 0 Å². The molecule has 0 aliphatic carbocycles. The van der Waals surface area contributed by atoms with Crippen molar-refractivity contribution < 1.29 is 9.59 Å². The van der Waals surface area contributed by atoms with Gasteiger partial charge in [-0.25, -0.2) is 4.79 Å². The van der Waals surface area contributed by atoms with E-state index >= 15 is 0 Å². The number of rotatable bonds is 9. The van der Waals surface area contributed by atoms with E-state index in [9.17, 15) is 9.59 Å². The highest BCUT2D eigenvalue weighted by Crippen LogP contribution is 2.02. The number of carbonyl (C=O) groups excluding carboxylic acids is 2. The van der Waals surface area contributed by atoms with Crippen molar-refractivity contribution in [1.29, 1.82) is 0 Å². The fraction of sp³-hybridized carbons (Fsp3) is 0.588. The van der Waals surface area contributed by atoms with Gasteiger partial charge in [-0.3, -0.25) is 9.78 Å². The first-order chi connectivity index (χ1) is 11.5. The molecule has 1 aromatic rings. The van der Waals surface area contributed by atoms with E-state index in [-0.39, 0.29) is 11.9 Å². The van der Waals surface area contributed by atoms with E-state index in [1.807, 2.05) is 0 Å². The van der Waals surface area contributed by atoms with Crippen molar-refractivity contribution in [2.45, 2.75) is 26.8 Å². The summed E-state index contributed by atoms with van der Waals surface area (Å²) in [6.45, 7) is 8.23. The second-order valence-corrected chi connectivity index (χ2v) is 5.73. The highest BCUT2D eigenvalue weighted by molar-refractivity contribution is 5.94. The molecule has 0 saturated carbocycles. The number of pyridine rings is 1. The third kappa shape index (κ3) is 6.95. The number of hydrogen-bond acceptors (Lipinski definition) is 4. The molecule has 0 bridgehead atoms. The Morgan fingerprint density at radius 3 is 2.50 bits per heavy atom. The van der Waals surface area contributed by atoms with Crippen LogP contribution in [0, 0.1) is 0 Å². The number of urea groups is 1. The standard InChI is InChI=1S/C17H29N5O2/c1-5-22(6-2)11-7-9-19-16(23)14-8-10-18-15(12-14)13-20-17(24)21(3)4/h8,10,12H,5-7,9,11,13H2,1-4H3,(H,19,23)(H,20,24). The summed E-state index contributed by atoms with van der Waals surface area (Å²) >= 11 is 0. The van der Waals surface area contributed by atoms with E-state index < -0.39 is 0 Å². The van der Waals surface area contributed by atoms with Gasteiger partial charge >= 0.3 is 6.03 Å². The molecule has 0 aliphatic rings. The Morgan fingerprint density at radius 1 is 1.17 bits per heavy atom. The molecule has 7 nitrogen and oxygen atoms in total. The summed E-state index contributed by atoms with van der Waals surface area (Å²) in [6.07, 6.45) is 2.51. The van der Waals surface area contributed by atoms with Crippen LogP contribution >= 0.6 is 0 Å². The summed E-state index contributed by atoms with van der Waals surface area (Å²) < 4.78 is 0. The Kier molecular flexibility index (Phi) is 8.78. The number of carbonyl (C=O) groups is 2. The Morgan fingerprint density at radius 2 is 1.88 bits per heavy atom. The van der Waals surface area contributed by atoms with Crippen LogP contribution in [0.25, 0.3) is 0 Å². The van der Waals surface area contributed by atoms with Gasteiger partial charge in [-0.15, -0.1) is 0 Å². The molecule has 0 spiro atoms. The van der Waals surface area contributed by atoms with Gasteiger partial charge in [0.15, 0.2) is 0 Å². The third-order valence-electron chi connectivity index (χ3n) is 3.74. The highest BCUT2D eigenvalue weighted by atomic mass is 16.2. The Bertz CT molecular complexity index is 529. The number of nitrogens with one attached hydrogen (secondary N) is 2. The van der Waals surface area contributed by atoms with E-state index in [0.717, 1.165) is 26.1 Å². The van der Waals surface area contributed by atoms with E-state index in [2.05, 4.69) is 34.4 Å². The molecule has 2 N–H and O–H groups in total. The Hall–Kier alpha value is -2.15. The maximum absolute atomic E-state index is 12.2. The van der Waals surface area contributed by atoms with Crippen LogP contribution in [0.3, 0.4) is 0 Å². The quantitative estimate of drug-likeness (QED) is 0.667. The second kappa shape index (κ2) is 10.6. The van der Waals surface area contributed by atoms with Crippen molar-refractivity contribution in [3.8, 4) is 0 Å². The van der Waals surface area contributed by atoms with Gasteiger partial charge in [0.2, 0.25) is 0 Å². The molecule has 7 heteroatoms. The molecule has 1 aromatic heterocycles. The van der Waals surface area contributed by atoms with Crippen molar-refractivity contribution in [3.63, 3.8) is 0 Å². The fourth-order valence-electron chi connectivity index (χ4n) is 2.19. The number of nitrogens with zero attached hydrogens (tertiary/aromatic N) is 3. The first-order valence-corrected chi connectivity index (χ1v) is 8.38. The van der Waals surface area contributed by atoms with Gasteiger partial charge in [0.05, 0.1) is 12.2 Å². The van der Waals surface area contributed by atoms with Crippen LogP contribution in [0.2, 0.25) is 0 Å². The topological polar surface area (TPSA) is 77.6 Å². The molecule has 3 amide bonds. The van der Waals surface area contributed by atoms with Gasteiger partial charge in [-0.1, -0.05) is 13.8 Å². The van der Waals surface area contributed by atoms with E-state index in [1.54, 1.807) is 32.4 Å².